The summed E-state index contributed by atoms with van der Waals surface area (Å²) in [6.07, 6.45) is 0. The van der Waals surface area contributed by atoms with Crippen LogP contribution in [0.2, 0.25) is 0 Å². The zero-order valence-corrected chi connectivity index (χ0v) is 8.99. The summed E-state index contributed by atoms with van der Waals surface area (Å²) in [5, 5.41) is 0. The molecule has 2 rings (SSSR count). The lowest BCUT2D eigenvalue weighted by atomic mass is 9.81. The van der Waals surface area contributed by atoms with Gasteiger partial charge in [0.05, 0.1) is 0 Å². The van der Waals surface area contributed by atoms with Crippen LogP contribution in [0.4, 0.5) is 4.39 Å². The topological polar surface area (TPSA) is 29.3 Å². The molecule has 1 aromatic carbocycles. The fraction of sp³-hybridized carbons (Fsp3) is 0.500. The van der Waals surface area contributed by atoms with Crippen LogP contribution in [-0.4, -0.2) is 31.6 Å². The van der Waals surface area contributed by atoms with Gasteiger partial charge in [-0.05, 0) is 31.1 Å². The van der Waals surface area contributed by atoms with Crippen LogP contribution in [0.15, 0.2) is 24.3 Å². The largest absolute Gasteiger partial charge is 0.330 e. The highest BCUT2D eigenvalue weighted by Crippen LogP contribution is 2.31. The Morgan fingerprint density at radius 1 is 1.47 bits per heavy atom. The minimum atomic E-state index is -0.123. The van der Waals surface area contributed by atoms with Gasteiger partial charge in [0.2, 0.25) is 0 Å². The predicted octanol–water partition coefficient (Wildman–Crippen LogP) is 1.43. The molecule has 1 aliphatic rings. The third kappa shape index (κ3) is 2.03. The van der Waals surface area contributed by atoms with Gasteiger partial charge in [0.1, 0.15) is 5.82 Å². The first-order chi connectivity index (χ1) is 7.22. The van der Waals surface area contributed by atoms with Gasteiger partial charge in [-0.15, -0.1) is 0 Å². The van der Waals surface area contributed by atoms with Gasteiger partial charge in [-0.1, -0.05) is 18.2 Å². The molecule has 1 aromatic rings. The quantitative estimate of drug-likeness (QED) is 0.814. The Bertz CT molecular complexity index is 334. The van der Waals surface area contributed by atoms with Crippen LogP contribution in [0.3, 0.4) is 0 Å². The van der Waals surface area contributed by atoms with Crippen molar-refractivity contribution in [2.45, 2.75) is 5.92 Å². The van der Waals surface area contributed by atoms with Crippen molar-refractivity contribution in [2.24, 2.45) is 11.7 Å². The summed E-state index contributed by atoms with van der Waals surface area (Å²) in [5.74, 6) is 0.557. The second-order valence-electron chi connectivity index (χ2n) is 4.34. The van der Waals surface area contributed by atoms with E-state index in [1.54, 1.807) is 6.07 Å². The van der Waals surface area contributed by atoms with Crippen molar-refractivity contribution in [3.05, 3.63) is 35.6 Å². The van der Waals surface area contributed by atoms with Crippen LogP contribution in [-0.2, 0) is 0 Å². The summed E-state index contributed by atoms with van der Waals surface area (Å²) >= 11 is 0. The van der Waals surface area contributed by atoms with E-state index in [1.165, 1.54) is 6.07 Å². The molecule has 1 aliphatic heterocycles. The van der Waals surface area contributed by atoms with Crippen molar-refractivity contribution in [1.29, 1.82) is 0 Å². The van der Waals surface area contributed by atoms with E-state index in [2.05, 4.69) is 11.9 Å². The third-order valence-corrected chi connectivity index (χ3v) is 3.22. The number of hydrogen-bond acceptors (Lipinski definition) is 2. The number of nitrogens with two attached hydrogens (primary N) is 1. The highest BCUT2D eigenvalue weighted by atomic mass is 19.1. The number of hydrogen-bond donors (Lipinski definition) is 1. The maximum atomic E-state index is 13.6. The molecule has 2 N–H and O–H groups in total. The van der Waals surface area contributed by atoms with E-state index in [-0.39, 0.29) is 11.7 Å². The minimum Gasteiger partial charge on any atom is -0.330 e. The van der Waals surface area contributed by atoms with E-state index >= 15 is 0 Å². The summed E-state index contributed by atoms with van der Waals surface area (Å²) in [5.41, 5.74) is 6.52. The first kappa shape index (κ1) is 10.6. The van der Waals surface area contributed by atoms with E-state index in [0.29, 0.717) is 12.5 Å². The van der Waals surface area contributed by atoms with Crippen molar-refractivity contribution >= 4 is 0 Å². The molecule has 0 radical (unpaired) electrons. The molecular weight excluding hydrogens is 191 g/mol. The average Bonchev–Trinajstić information content (AvgIpc) is 2.19. The van der Waals surface area contributed by atoms with Crippen LogP contribution < -0.4 is 5.73 Å². The van der Waals surface area contributed by atoms with Crippen molar-refractivity contribution in [2.75, 3.05) is 26.7 Å². The molecule has 2 nitrogen and oxygen atoms in total. The Balaban J connectivity index is 2.16. The number of halogens is 1. The second kappa shape index (κ2) is 4.29. The molecule has 0 saturated carbocycles. The highest BCUT2D eigenvalue weighted by molar-refractivity contribution is 5.23. The molecule has 3 heteroatoms. The Kier molecular flexibility index (Phi) is 3.03. The van der Waals surface area contributed by atoms with E-state index in [9.17, 15) is 4.39 Å². The van der Waals surface area contributed by atoms with E-state index in [4.69, 9.17) is 5.73 Å². The fourth-order valence-corrected chi connectivity index (χ4v) is 2.35. The molecule has 15 heavy (non-hydrogen) atoms. The SMILES string of the molecule is CN1CC(C(CN)c2ccccc2F)C1. The molecule has 1 heterocycles. The Labute approximate surface area is 89.9 Å². The second-order valence-corrected chi connectivity index (χ2v) is 4.34. The molecule has 0 aliphatic carbocycles. The third-order valence-electron chi connectivity index (χ3n) is 3.22. The fourth-order valence-electron chi connectivity index (χ4n) is 2.35. The summed E-state index contributed by atoms with van der Waals surface area (Å²) in [7, 11) is 2.07. The molecule has 0 spiro atoms. The lowest BCUT2D eigenvalue weighted by Gasteiger charge is -2.41. The molecule has 1 saturated heterocycles. The van der Waals surface area contributed by atoms with Gasteiger partial charge in [-0.25, -0.2) is 4.39 Å². The monoisotopic (exact) mass is 208 g/mol. The van der Waals surface area contributed by atoms with Gasteiger partial charge < -0.3 is 10.6 Å². The summed E-state index contributed by atoms with van der Waals surface area (Å²) in [4.78, 5) is 2.23. The molecular formula is C12H17FN2. The lowest BCUT2D eigenvalue weighted by Crippen LogP contribution is -2.48. The Hall–Kier alpha value is -0.930. The molecule has 0 amide bonds. The average molecular weight is 208 g/mol. The van der Waals surface area contributed by atoms with E-state index < -0.39 is 0 Å². The van der Waals surface area contributed by atoms with Crippen molar-refractivity contribution in [1.82, 2.24) is 4.90 Å². The Morgan fingerprint density at radius 2 is 2.13 bits per heavy atom. The van der Waals surface area contributed by atoms with Crippen molar-refractivity contribution in [3.8, 4) is 0 Å². The smallest absolute Gasteiger partial charge is 0.126 e. The number of rotatable bonds is 3. The van der Waals surface area contributed by atoms with Crippen molar-refractivity contribution < 1.29 is 4.39 Å². The number of likely N-dealkylation sites (tertiary alicyclic amines) is 1. The van der Waals surface area contributed by atoms with E-state index in [1.807, 2.05) is 12.1 Å². The molecule has 1 fully saturated rings. The summed E-state index contributed by atoms with van der Waals surface area (Å²) in [6, 6.07) is 6.97. The normalized spacial score (nSPS) is 19.9. The maximum absolute atomic E-state index is 13.6. The summed E-state index contributed by atoms with van der Waals surface area (Å²) in [6.45, 7) is 2.58. The van der Waals surface area contributed by atoms with Gasteiger partial charge in [-0.3, -0.25) is 0 Å². The van der Waals surface area contributed by atoms with E-state index in [0.717, 1.165) is 18.7 Å². The van der Waals surface area contributed by atoms with Gasteiger partial charge in [-0.2, -0.15) is 0 Å². The minimum absolute atomic E-state index is 0.123. The van der Waals surface area contributed by atoms with Crippen LogP contribution in [0.1, 0.15) is 11.5 Å². The van der Waals surface area contributed by atoms with Gasteiger partial charge in [0.15, 0.2) is 0 Å². The van der Waals surface area contributed by atoms with Crippen molar-refractivity contribution in [3.63, 3.8) is 0 Å². The van der Waals surface area contributed by atoms with Gasteiger partial charge in [0, 0.05) is 19.0 Å². The number of nitrogens with zero attached hydrogens (tertiary/aromatic N) is 1. The van der Waals surface area contributed by atoms with Crippen LogP contribution in [0.5, 0.6) is 0 Å². The van der Waals surface area contributed by atoms with Crippen LogP contribution in [0, 0.1) is 11.7 Å². The maximum Gasteiger partial charge on any atom is 0.126 e. The molecule has 1 atom stereocenters. The molecule has 0 aromatic heterocycles. The number of benzene rings is 1. The standard InChI is InChI=1S/C12H17FN2/c1-15-7-9(8-15)11(6-14)10-4-2-3-5-12(10)13/h2-5,9,11H,6-8,14H2,1H3. The highest BCUT2D eigenvalue weighted by Gasteiger charge is 2.32. The zero-order valence-electron chi connectivity index (χ0n) is 8.99. The predicted molar refractivity (Wildman–Crippen MR) is 59.2 cm³/mol. The van der Waals surface area contributed by atoms with Crippen LogP contribution >= 0.6 is 0 Å². The zero-order chi connectivity index (χ0) is 10.8. The lowest BCUT2D eigenvalue weighted by molar-refractivity contribution is 0.111. The Morgan fingerprint density at radius 3 is 2.67 bits per heavy atom. The van der Waals surface area contributed by atoms with Gasteiger partial charge >= 0.3 is 0 Å². The first-order valence-electron chi connectivity index (χ1n) is 5.35. The van der Waals surface area contributed by atoms with Gasteiger partial charge in [0.25, 0.3) is 0 Å². The molecule has 1 unspecified atom stereocenters. The first-order valence-corrected chi connectivity index (χ1v) is 5.35. The van der Waals surface area contributed by atoms with Crippen LogP contribution in [0.25, 0.3) is 0 Å². The molecule has 82 valence electrons. The summed E-state index contributed by atoms with van der Waals surface area (Å²) < 4.78 is 13.6. The molecule has 0 bridgehead atoms.